The van der Waals surface area contributed by atoms with Crippen LogP contribution in [0.3, 0.4) is 0 Å². The summed E-state index contributed by atoms with van der Waals surface area (Å²) < 4.78 is 25.7. The third kappa shape index (κ3) is 2.04. The molecule has 0 bridgehead atoms. The first-order valence-corrected chi connectivity index (χ1v) is 4.68. The van der Waals surface area contributed by atoms with Crippen LogP contribution in [0, 0.1) is 11.6 Å². The van der Waals surface area contributed by atoms with Gasteiger partial charge in [0.25, 0.3) is 0 Å². The van der Waals surface area contributed by atoms with Gasteiger partial charge < -0.3 is 5.73 Å². The van der Waals surface area contributed by atoms with E-state index in [1.54, 1.807) is 6.07 Å². The Hall–Kier alpha value is -1.88. The van der Waals surface area contributed by atoms with Gasteiger partial charge in [-0.3, -0.25) is 0 Å². The summed E-state index contributed by atoms with van der Waals surface area (Å²) in [6.07, 6.45) is 1.53. The van der Waals surface area contributed by atoms with E-state index in [9.17, 15) is 8.78 Å². The van der Waals surface area contributed by atoms with Gasteiger partial charge >= 0.3 is 0 Å². The molecule has 2 aromatic rings. The molecule has 0 spiro atoms. The van der Waals surface area contributed by atoms with Gasteiger partial charge in [0.05, 0.1) is 12.2 Å². The zero-order chi connectivity index (χ0) is 11.5. The number of benzene rings is 1. The van der Waals surface area contributed by atoms with E-state index in [1.165, 1.54) is 12.3 Å². The van der Waals surface area contributed by atoms with Crippen LogP contribution in [0.25, 0.3) is 11.3 Å². The Bertz CT molecular complexity index is 514. The quantitative estimate of drug-likeness (QED) is 0.842. The fourth-order valence-corrected chi connectivity index (χ4v) is 1.31. The zero-order valence-corrected chi connectivity index (χ0v) is 8.32. The summed E-state index contributed by atoms with van der Waals surface area (Å²) in [6, 6.07) is 5.24. The molecule has 0 aliphatic rings. The van der Waals surface area contributed by atoms with E-state index in [2.05, 4.69) is 9.97 Å². The highest BCUT2D eigenvalue weighted by molar-refractivity contribution is 5.58. The number of nitrogens with two attached hydrogens (primary N) is 1. The second-order valence-corrected chi connectivity index (χ2v) is 3.19. The molecule has 0 saturated heterocycles. The average Bonchev–Trinajstić information content (AvgIpc) is 2.33. The molecule has 0 atom stereocenters. The van der Waals surface area contributed by atoms with E-state index in [-0.39, 0.29) is 6.54 Å². The monoisotopic (exact) mass is 221 g/mol. The summed E-state index contributed by atoms with van der Waals surface area (Å²) in [4.78, 5) is 8.03. The summed E-state index contributed by atoms with van der Waals surface area (Å²) in [5.41, 5.74) is 6.41. The molecule has 1 heterocycles. The van der Waals surface area contributed by atoms with Crippen LogP contribution in [-0.4, -0.2) is 9.97 Å². The topological polar surface area (TPSA) is 51.8 Å². The minimum absolute atomic E-state index is 0.206. The van der Waals surface area contributed by atoms with Gasteiger partial charge in [0.15, 0.2) is 11.6 Å². The van der Waals surface area contributed by atoms with Gasteiger partial charge in [0, 0.05) is 11.8 Å². The van der Waals surface area contributed by atoms with Crippen LogP contribution in [0.4, 0.5) is 8.78 Å². The second-order valence-electron chi connectivity index (χ2n) is 3.19. The van der Waals surface area contributed by atoms with Crippen molar-refractivity contribution in [3.63, 3.8) is 0 Å². The van der Waals surface area contributed by atoms with Crippen molar-refractivity contribution in [1.29, 1.82) is 0 Å². The van der Waals surface area contributed by atoms with Gasteiger partial charge in [-0.1, -0.05) is 0 Å². The molecule has 3 nitrogen and oxygen atoms in total. The van der Waals surface area contributed by atoms with E-state index in [0.717, 1.165) is 12.1 Å². The molecule has 82 valence electrons. The molecule has 0 radical (unpaired) electrons. The van der Waals surface area contributed by atoms with Gasteiger partial charge in [0.2, 0.25) is 0 Å². The number of rotatable bonds is 2. The molecule has 2 N–H and O–H groups in total. The molecule has 0 aliphatic heterocycles. The number of aromatic nitrogens is 2. The van der Waals surface area contributed by atoms with Crippen LogP contribution in [0.2, 0.25) is 0 Å². The van der Waals surface area contributed by atoms with Crippen LogP contribution in [0.15, 0.2) is 30.5 Å². The minimum Gasteiger partial charge on any atom is -0.324 e. The Morgan fingerprint density at radius 3 is 2.62 bits per heavy atom. The van der Waals surface area contributed by atoms with Gasteiger partial charge in [0.1, 0.15) is 5.82 Å². The Kier molecular flexibility index (Phi) is 2.87. The van der Waals surface area contributed by atoms with E-state index in [1.807, 2.05) is 0 Å². The third-order valence-corrected chi connectivity index (χ3v) is 2.10. The number of nitrogens with zero attached hydrogens (tertiary/aromatic N) is 2. The maximum absolute atomic E-state index is 13.0. The molecule has 0 amide bonds. The number of hydrogen-bond acceptors (Lipinski definition) is 3. The summed E-state index contributed by atoms with van der Waals surface area (Å²) in [7, 11) is 0. The van der Waals surface area contributed by atoms with Crippen molar-refractivity contribution >= 4 is 0 Å². The molecule has 1 aromatic carbocycles. The minimum atomic E-state index is -0.898. The Labute approximate surface area is 91.0 Å². The van der Waals surface area contributed by atoms with E-state index >= 15 is 0 Å². The molecule has 0 aliphatic carbocycles. The molecule has 2 rings (SSSR count). The summed E-state index contributed by atoms with van der Waals surface area (Å²) in [5.74, 6) is -1.32. The lowest BCUT2D eigenvalue weighted by molar-refractivity contribution is 0.509. The van der Waals surface area contributed by atoms with Crippen LogP contribution >= 0.6 is 0 Å². The Morgan fingerprint density at radius 1 is 1.12 bits per heavy atom. The molecular weight excluding hydrogens is 212 g/mol. The molecule has 0 fully saturated rings. The van der Waals surface area contributed by atoms with Crippen LogP contribution < -0.4 is 5.73 Å². The second kappa shape index (κ2) is 4.32. The van der Waals surface area contributed by atoms with Gasteiger partial charge in [-0.2, -0.15) is 0 Å². The molecule has 1 aromatic heterocycles. The first-order chi connectivity index (χ1) is 7.70. The summed E-state index contributed by atoms with van der Waals surface area (Å²) >= 11 is 0. The number of hydrogen-bond donors (Lipinski definition) is 1. The predicted molar refractivity (Wildman–Crippen MR) is 55.3 cm³/mol. The van der Waals surface area contributed by atoms with Crippen LogP contribution in [0.1, 0.15) is 5.82 Å². The van der Waals surface area contributed by atoms with Gasteiger partial charge in [-0.05, 0) is 24.3 Å². The molecule has 5 heteroatoms. The van der Waals surface area contributed by atoms with Crippen molar-refractivity contribution in [1.82, 2.24) is 9.97 Å². The normalized spacial score (nSPS) is 10.4. The Balaban J connectivity index is 2.46. The highest BCUT2D eigenvalue weighted by atomic mass is 19.2. The maximum atomic E-state index is 13.0. The molecule has 0 unspecified atom stereocenters. The molecule has 0 saturated carbocycles. The molecular formula is C11H9F2N3. The first-order valence-electron chi connectivity index (χ1n) is 4.68. The maximum Gasteiger partial charge on any atom is 0.159 e. The first kappa shape index (κ1) is 10.6. The lowest BCUT2D eigenvalue weighted by Crippen LogP contribution is -2.03. The summed E-state index contributed by atoms with van der Waals surface area (Å²) in [6.45, 7) is 0.206. The van der Waals surface area contributed by atoms with Gasteiger partial charge in [-0.15, -0.1) is 0 Å². The van der Waals surface area contributed by atoms with Crippen molar-refractivity contribution in [2.24, 2.45) is 5.73 Å². The highest BCUT2D eigenvalue weighted by Gasteiger charge is 2.06. The van der Waals surface area contributed by atoms with Crippen LogP contribution in [0.5, 0.6) is 0 Å². The third-order valence-electron chi connectivity index (χ3n) is 2.10. The SMILES string of the molecule is NCc1nccc(-c2ccc(F)c(F)c2)n1. The smallest absolute Gasteiger partial charge is 0.159 e. The molecule has 16 heavy (non-hydrogen) atoms. The zero-order valence-electron chi connectivity index (χ0n) is 8.32. The van der Waals surface area contributed by atoms with E-state index in [0.29, 0.717) is 17.1 Å². The largest absolute Gasteiger partial charge is 0.324 e. The average molecular weight is 221 g/mol. The summed E-state index contributed by atoms with van der Waals surface area (Å²) in [5, 5.41) is 0. The van der Waals surface area contributed by atoms with Crippen LogP contribution in [-0.2, 0) is 6.54 Å². The van der Waals surface area contributed by atoms with E-state index < -0.39 is 11.6 Å². The van der Waals surface area contributed by atoms with Crippen molar-refractivity contribution in [3.05, 3.63) is 47.9 Å². The van der Waals surface area contributed by atoms with E-state index in [4.69, 9.17) is 5.73 Å². The van der Waals surface area contributed by atoms with Crippen molar-refractivity contribution in [2.45, 2.75) is 6.54 Å². The predicted octanol–water partition coefficient (Wildman–Crippen LogP) is 1.88. The number of halogens is 2. The van der Waals surface area contributed by atoms with Crippen molar-refractivity contribution in [3.8, 4) is 11.3 Å². The van der Waals surface area contributed by atoms with Crippen molar-refractivity contribution in [2.75, 3.05) is 0 Å². The lowest BCUT2D eigenvalue weighted by Gasteiger charge is -2.02. The fourth-order valence-electron chi connectivity index (χ4n) is 1.31. The standard InChI is InChI=1S/C11H9F2N3/c12-8-2-1-7(5-9(8)13)10-3-4-15-11(6-14)16-10/h1-5H,6,14H2. The fraction of sp³-hybridized carbons (Fsp3) is 0.0909. The van der Waals surface area contributed by atoms with Gasteiger partial charge in [-0.25, -0.2) is 18.7 Å². The Morgan fingerprint density at radius 2 is 1.94 bits per heavy atom. The lowest BCUT2D eigenvalue weighted by atomic mass is 10.1. The highest BCUT2D eigenvalue weighted by Crippen LogP contribution is 2.19. The van der Waals surface area contributed by atoms with Crippen molar-refractivity contribution < 1.29 is 8.78 Å².